The molecule has 0 fully saturated rings. The molecule has 12 nitrogen and oxygen atoms in total. The maximum atomic E-state index is 12.7. The van der Waals surface area contributed by atoms with E-state index in [0.717, 1.165) is 57.8 Å². The third-order valence-corrected chi connectivity index (χ3v) is 11.0. The molecular formula is C46H84NO11P. The van der Waals surface area contributed by atoms with Crippen molar-refractivity contribution >= 4 is 25.7 Å². The number of unbranched alkanes of at least 4 members (excludes halogenated alkanes) is 22. The van der Waals surface area contributed by atoms with Gasteiger partial charge in [0.15, 0.2) is 6.10 Å². The van der Waals surface area contributed by atoms with Crippen molar-refractivity contribution in [3.63, 3.8) is 0 Å². The molecule has 0 saturated heterocycles. The molecule has 59 heavy (non-hydrogen) atoms. The van der Waals surface area contributed by atoms with Gasteiger partial charge >= 0.3 is 25.7 Å². The van der Waals surface area contributed by atoms with Crippen LogP contribution in [0.5, 0.6) is 0 Å². The molecule has 0 rings (SSSR count). The van der Waals surface area contributed by atoms with Gasteiger partial charge < -0.3 is 30.3 Å². The molecule has 0 aromatic heterocycles. The molecule has 0 saturated carbocycles. The van der Waals surface area contributed by atoms with Gasteiger partial charge in [-0.25, -0.2) is 4.57 Å². The Labute approximate surface area is 357 Å². The number of carboxylic acid groups (broad SMARTS) is 1. The van der Waals surface area contributed by atoms with Crippen LogP contribution in [-0.2, 0) is 37.5 Å². The molecule has 0 heterocycles. The number of esters is 2. The summed E-state index contributed by atoms with van der Waals surface area (Å²) in [6, 6.07) is -1.54. The van der Waals surface area contributed by atoms with E-state index in [9.17, 15) is 28.9 Å². The molecule has 4 atom stereocenters. The Morgan fingerprint density at radius 1 is 0.610 bits per heavy atom. The maximum absolute atomic E-state index is 12.7. The van der Waals surface area contributed by atoms with Crippen LogP contribution in [0.15, 0.2) is 36.5 Å². The maximum Gasteiger partial charge on any atom is 0.472 e. The number of ether oxygens (including phenoxy) is 2. The average Bonchev–Trinajstić information content (AvgIpc) is 3.21. The number of aliphatic hydroxyl groups excluding tert-OH is 1. The lowest BCUT2D eigenvalue weighted by Gasteiger charge is -2.20. The second-order valence-electron chi connectivity index (χ2n) is 15.7. The molecule has 0 aromatic carbocycles. The minimum absolute atomic E-state index is 0.144. The minimum Gasteiger partial charge on any atom is -0.480 e. The van der Waals surface area contributed by atoms with Crippen molar-refractivity contribution in [2.75, 3.05) is 19.8 Å². The molecule has 0 aromatic rings. The van der Waals surface area contributed by atoms with Crippen LogP contribution in [0.4, 0.5) is 0 Å². The zero-order chi connectivity index (χ0) is 43.7. The number of hydrogen-bond donors (Lipinski definition) is 4. The summed E-state index contributed by atoms with van der Waals surface area (Å²) >= 11 is 0. The van der Waals surface area contributed by atoms with E-state index in [2.05, 4.69) is 30.5 Å². The number of aliphatic hydroxyl groups is 1. The summed E-state index contributed by atoms with van der Waals surface area (Å²) in [6.45, 7) is 2.60. The topological polar surface area (TPSA) is 192 Å². The normalized spacial score (nSPS) is 14.5. The summed E-state index contributed by atoms with van der Waals surface area (Å²) in [5.41, 5.74) is 5.33. The highest BCUT2D eigenvalue weighted by Crippen LogP contribution is 2.43. The summed E-state index contributed by atoms with van der Waals surface area (Å²) in [7, 11) is -4.74. The Morgan fingerprint density at radius 2 is 1.08 bits per heavy atom. The number of carbonyl (C=O) groups is 3. The molecule has 5 N–H and O–H groups in total. The molecule has 2 unspecified atom stereocenters. The molecule has 0 spiro atoms. The lowest BCUT2D eigenvalue weighted by Crippen LogP contribution is -2.34. The fourth-order valence-electron chi connectivity index (χ4n) is 6.37. The Morgan fingerprint density at radius 3 is 1.59 bits per heavy atom. The summed E-state index contributed by atoms with van der Waals surface area (Å²) in [5, 5.41) is 19.0. The highest BCUT2D eigenvalue weighted by Gasteiger charge is 2.28. The van der Waals surface area contributed by atoms with Crippen LogP contribution >= 0.6 is 7.82 Å². The van der Waals surface area contributed by atoms with Crippen LogP contribution in [0.25, 0.3) is 0 Å². The first-order valence-corrected chi connectivity index (χ1v) is 24.6. The van der Waals surface area contributed by atoms with Crippen LogP contribution in [0, 0.1) is 0 Å². The van der Waals surface area contributed by atoms with E-state index >= 15 is 0 Å². The van der Waals surface area contributed by atoms with Gasteiger partial charge in [0.1, 0.15) is 12.6 Å². The number of allylic oxidation sites excluding steroid dienone is 5. The van der Waals surface area contributed by atoms with Gasteiger partial charge in [-0.15, -0.1) is 0 Å². The van der Waals surface area contributed by atoms with Crippen molar-refractivity contribution in [1.82, 2.24) is 0 Å². The number of phosphoric ester groups is 1. The number of aliphatic carboxylic acids is 1. The predicted molar refractivity (Wildman–Crippen MR) is 237 cm³/mol. The van der Waals surface area contributed by atoms with Gasteiger partial charge in [0.25, 0.3) is 0 Å². The molecule has 0 bridgehead atoms. The van der Waals surface area contributed by atoms with Crippen molar-refractivity contribution in [3.05, 3.63) is 36.5 Å². The Kier molecular flexibility index (Phi) is 39.4. The third kappa shape index (κ3) is 40.8. The smallest absolute Gasteiger partial charge is 0.472 e. The highest BCUT2D eigenvalue weighted by molar-refractivity contribution is 7.47. The zero-order valence-electron chi connectivity index (χ0n) is 37.0. The van der Waals surface area contributed by atoms with Crippen LogP contribution < -0.4 is 5.73 Å². The van der Waals surface area contributed by atoms with Gasteiger partial charge in [-0.2, -0.15) is 0 Å². The van der Waals surface area contributed by atoms with E-state index in [1.165, 1.54) is 96.3 Å². The van der Waals surface area contributed by atoms with Gasteiger partial charge in [0.2, 0.25) is 0 Å². The molecule has 13 heteroatoms. The highest BCUT2D eigenvalue weighted by atomic mass is 31.2. The van der Waals surface area contributed by atoms with Gasteiger partial charge in [-0.05, 0) is 32.1 Å². The molecule has 0 radical (unpaired) electrons. The summed E-state index contributed by atoms with van der Waals surface area (Å²) in [5.74, 6) is -2.46. The van der Waals surface area contributed by atoms with Crippen LogP contribution in [-0.4, -0.2) is 71.1 Å². The number of hydrogen-bond acceptors (Lipinski definition) is 10. The van der Waals surface area contributed by atoms with E-state index in [-0.39, 0.29) is 19.4 Å². The average molecular weight is 858 g/mol. The Hall–Kier alpha value is -2.34. The van der Waals surface area contributed by atoms with Crippen molar-refractivity contribution < 1.29 is 52.6 Å². The Balaban J connectivity index is 4.36. The molecular weight excluding hydrogens is 773 g/mol. The van der Waals surface area contributed by atoms with Crippen LogP contribution in [0.3, 0.4) is 0 Å². The van der Waals surface area contributed by atoms with Crippen LogP contribution in [0.2, 0.25) is 0 Å². The van der Waals surface area contributed by atoms with Crippen molar-refractivity contribution in [1.29, 1.82) is 0 Å². The number of carbonyl (C=O) groups excluding carboxylic acids is 2. The van der Waals surface area contributed by atoms with E-state index in [1.54, 1.807) is 6.08 Å². The lowest BCUT2D eigenvalue weighted by atomic mass is 10.0. The number of phosphoric acid groups is 1. The van der Waals surface area contributed by atoms with Gasteiger partial charge in [0, 0.05) is 12.8 Å². The van der Waals surface area contributed by atoms with Gasteiger partial charge in [-0.1, -0.05) is 192 Å². The monoisotopic (exact) mass is 858 g/mol. The molecule has 0 aliphatic rings. The van der Waals surface area contributed by atoms with Crippen molar-refractivity contribution in [2.24, 2.45) is 5.73 Å². The van der Waals surface area contributed by atoms with Crippen molar-refractivity contribution in [3.8, 4) is 0 Å². The second kappa shape index (κ2) is 41.0. The summed E-state index contributed by atoms with van der Waals surface area (Å²) in [4.78, 5) is 46.0. The first-order valence-electron chi connectivity index (χ1n) is 23.1. The van der Waals surface area contributed by atoms with Gasteiger partial charge in [-0.3, -0.25) is 23.4 Å². The SMILES string of the molecule is CC/C=C/C/C=C/C=C/C(O)CCCCCCCC(=O)OC[C@H](COP(=O)(O)OC[C@H](N)C(=O)O)OC(=O)CCCCCCCCCCCCCCCCCCCCC. The quantitative estimate of drug-likeness (QED) is 0.0149. The summed E-state index contributed by atoms with van der Waals surface area (Å²) < 4.78 is 32.7. The zero-order valence-corrected chi connectivity index (χ0v) is 37.9. The van der Waals surface area contributed by atoms with E-state index in [4.69, 9.17) is 24.8 Å². The first-order chi connectivity index (χ1) is 28.5. The Bertz CT molecular complexity index is 1160. The molecule has 344 valence electrons. The van der Waals surface area contributed by atoms with E-state index in [0.29, 0.717) is 19.3 Å². The van der Waals surface area contributed by atoms with Crippen molar-refractivity contribution in [2.45, 2.75) is 218 Å². The van der Waals surface area contributed by atoms with E-state index in [1.807, 2.05) is 18.2 Å². The fraction of sp³-hybridized carbons (Fsp3) is 0.804. The number of nitrogens with two attached hydrogens (primary N) is 1. The molecule has 0 aliphatic carbocycles. The van der Waals surface area contributed by atoms with Gasteiger partial charge in [0.05, 0.1) is 19.3 Å². The third-order valence-electron chi connectivity index (χ3n) is 10.0. The minimum atomic E-state index is -4.74. The predicted octanol–water partition coefficient (Wildman–Crippen LogP) is 11.4. The summed E-state index contributed by atoms with van der Waals surface area (Å²) in [6.07, 6.45) is 40.9. The molecule has 0 aliphatic heterocycles. The molecule has 0 amide bonds. The van der Waals surface area contributed by atoms with E-state index < -0.39 is 57.2 Å². The number of rotatable bonds is 43. The largest absolute Gasteiger partial charge is 0.480 e. The first kappa shape index (κ1) is 56.7. The van der Waals surface area contributed by atoms with Crippen LogP contribution in [0.1, 0.15) is 200 Å². The fourth-order valence-corrected chi connectivity index (χ4v) is 7.15. The number of carboxylic acids is 1. The second-order valence-corrected chi connectivity index (χ2v) is 17.2. The lowest BCUT2D eigenvalue weighted by molar-refractivity contribution is -0.161. The standard InChI is InChI=1S/C46H84NO11P/c1-3-5-7-9-11-12-13-14-15-16-17-18-19-20-21-22-24-28-33-37-45(50)58-42(39-56-59(53,54)57-40-43(47)46(51)52)38-55-44(49)36-32-29-25-27-31-35-41(48)34-30-26-23-10-8-6-4-2/h6,8,23,26,30,34,41-43,48H,3-5,7,9-22,24-25,27-29,31-33,35-40,47H2,1-2H3,(H,51,52)(H,53,54)/b8-6+,26-23+,34-30+/t41?,42-,43+/m1/s1.